The zero-order valence-corrected chi connectivity index (χ0v) is 8.96. The van der Waals surface area contributed by atoms with Gasteiger partial charge in [0, 0.05) is 6.04 Å². The van der Waals surface area contributed by atoms with Crippen molar-refractivity contribution < 1.29 is 4.39 Å². The highest BCUT2D eigenvalue weighted by Gasteiger charge is 2.36. The number of nitrogens with two attached hydrogens (primary N) is 1. The Labute approximate surface area is 80.9 Å². The number of hydrogen-bond acceptors (Lipinski definition) is 1. The van der Waals surface area contributed by atoms with E-state index in [0.717, 1.165) is 5.92 Å². The third kappa shape index (κ3) is 2.43. The number of alkyl halides is 1. The molecule has 0 radical (unpaired) electrons. The minimum absolute atomic E-state index is 0.163. The van der Waals surface area contributed by atoms with Crippen LogP contribution >= 0.6 is 0 Å². The molecule has 0 aromatic carbocycles. The average Bonchev–Trinajstić information content (AvgIpc) is 2.00. The summed E-state index contributed by atoms with van der Waals surface area (Å²) in [4.78, 5) is 0. The number of halogens is 1. The highest BCUT2D eigenvalue weighted by atomic mass is 19.1. The normalized spacial score (nSPS) is 34.8. The highest BCUT2D eigenvalue weighted by molar-refractivity contribution is 4.87. The SMILES string of the molecule is CC(N)C(C)C1CC(C(C)CF)C1. The Morgan fingerprint density at radius 2 is 1.77 bits per heavy atom. The zero-order valence-electron chi connectivity index (χ0n) is 8.96. The Balaban J connectivity index is 2.25. The molecule has 2 heteroatoms. The summed E-state index contributed by atoms with van der Waals surface area (Å²) in [7, 11) is 0. The van der Waals surface area contributed by atoms with Crippen molar-refractivity contribution >= 4 is 0 Å². The Hall–Kier alpha value is -0.110. The molecule has 3 unspecified atom stereocenters. The van der Waals surface area contributed by atoms with E-state index in [-0.39, 0.29) is 18.6 Å². The van der Waals surface area contributed by atoms with E-state index in [1.165, 1.54) is 12.8 Å². The molecule has 0 bridgehead atoms. The number of rotatable bonds is 4. The van der Waals surface area contributed by atoms with Crippen LogP contribution < -0.4 is 5.73 Å². The Kier molecular flexibility index (Phi) is 3.72. The molecular formula is C11H22FN. The standard InChI is InChI=1S/C11H22FN/c1-7(6-12)10-4-11(5-10)8(2)9(3)13/h7-11H,4-6,13H2,1-3H3. The van der Waals surface area contributed by atoms with Crippen LogP contribution in [0.4, 0.5) is 4.39 Å². The molecule has 0 aromatic rings. The highest BCUT2D eigenvalue weighted by Crippen LogP contribution is 2.43. The third-order valence-corrected chi connectivity index (χ3v) is 3.83. The molecule has 0 spiro atoms. The van der Waals surface area contributed by atoms with E-state index in [2.05, 4.69) is 13.8 Å². The quantitative estimate of drug-likeness (QED) is 0.719. The van der Waals surface area contributed by atoms with Crippen molar-refractivity contribution in [3.05, 3.63) is 0 Å². The minimum atomic E-state index is -0.163. The first kappa shape index (κ1) is 11.0. The van der Waals surface area contributed by atoms with Crippen LogP contribution in [-0.4, -0.2) is 12.7 Å². The van der Waals surface area contributed by atoms with Gasteiger partial charge >= 0.3 is 0 Å². The molecule has 1 aliphatic carbocycles. The molecule has 1 aliphatic rings. The van der Waals surface area contributed by atoms with Crippen LogP contribution in [-0.2, 0) is 0 Å². The van der Waals surface area contributed by atoms with E-state index >= 15 is 0 Å². The maximum atomic E-state index is 12.3. The lowest BCUT2D eigenvalue weighted by atomic mass is 9.64. The molecule has 1 saturated carbocycles. The predicted molar refractivity (Wildman–Crippen MR) is 54.2 cm³/mol. The van der Waals surface area contributed by atoms with Gasteiger partial charge in [0.25, 0.3) is 0 Å². The number of hydrogen-bond donors (Lipinski definition) is 1. The summed E-state index contributed by atoms with van der Waals surface area (Å²) < 4.78 is 12.3. The van der Waals surface area contributed by atoms with E-state index in [1.807, 2.05) is 6.92 Å². The fourth-order valence-corrected chi connectivity index (χ4v) is 2.16. The fraction of sp³-hybridized carbons (Fsp3) is 1.00. The molecule has 3 atom stereocenters. The summed E-state index contributed by atoms with van der Waals surface area (Å²) in [6, 6.07) is 0.284. The van der Waals surface area contributed by atoms with Gasteiger partial charge in [-0.2, -0.15) is 0 Å². The lowest BCUT2D eigenvalue weighted by Crippen LogP contribution is -2.39. The lowest BCUT2D eigenvalue weighted by molar-refractivity contribution is 0.0697. The molecule has 1 fully saturated rings. The van der Waals surface area contributed by atoms with Crippen molar-refractivity contribution in [2.75, 3.05) is 6.67 Å². The maximum Gasteiger partial charge on any atom is 0.0922 e. The van der Waals surface area contributed by atoms with Crippen molar-refractivity contribution in [2.45, 2.75) is 39.7 Å². The topological polar surface area (TPSA) is 26.0 Å². The Morgan fingerprint density at radius 3 is 2.15 bits per heavy atom. The monoisotopic (exact) mass is 187 g/mol. The lowest BCUT2D eigenvalue weighted by Gasteiger charge is -2.43. The van der Waals surface area contributed by atoms with Crippen LogP contribution in [0, 0.1) is 23.7 Å². The molecule has 0 amide bonds. The zero-order chi connectivity index (χ0) is 10.0. The first-order chi connectivity index (χ1) is 6.06. The van der Waals surface area contributed by atoms with Crippen LogP contribution in [0.2, 0.25) is 0 Å². The molecule has 1 rings (SSSR count). The third-order valence-electron chi connectivity index (χ3n) is 3.83. The summed E-state index contributed by atoms with van der Waals surface area (Å²) in [6.07, 6.45) is 2.38. The molecule has 0 aliphatic heterocycles. The molecule has 0 heterocycles. The second-order valence-corrected chi connectivity index (χ2v) is 4.84. The van der Waals surface area contributed by atoms with E-state index in [4.69, 9.17) is 5.73 Å². The van der Waals surface area contributed by atoms with Crippen LogP contribution in [0.3, 0.4) is 0 Å². The first-order valence-corrected chi connectivity index (χ1v) is 5.37. The van der Waals surface area contributed by atoms with Gasteiger partial charge in [-0.15, -0.1) is 0 Å². The maximum absolute atomic E-state index is 12.3. The predicted octanol–water partition coefficient (Wildman–Crippen LogP) is 2.60. The van der Waals surface area contributed by atoms with Gasteiger partial charge in [0.15, 0.2) is 0 Å². The largest absolute Gasteiger partial charge is 0.328 e. The van der Waals surface area contributed by atoms with Gasteiger partial charge in [0.1, 0.15) is 0 Å². The minimum Gasteiger partial charge on any atom is -0.328 e. The second kappa shape index (κ2) is 4.41. The smallest absolute Gasteiger partial charge is 0.0922 e. The Bertz CT molecular complexity index is 152. The van der Waals surface area contributed by atoms with Crippen LogP contribution in [0.25, 0.3) is 0 Å². The van der Waals surface area contributed by atoms with E-state index < -0.39 is 0 Å². The molecule has 1 nitrogen and oxygen atoms in total. The summed E-state index contributed by atoms with van der Waals surface area (Å²) in [6.45, 7) is 6.13. The van der Waals surface area contributed by atoms with Gasteiger partial charge in [0.2, 0.25) is 0 Å². The molecule has 13 heavy (non-hydrogen) atoms. The van der Waals surface area contributed by atoms with Gasteiger partial charge in [0.05, 0.1) is 6.67 Å². The van der Waals surface area contributed by atoms with Gasteiger partial charge in [-0.3, -0.25) is 4.39 Å². The molecule has 2 N–H and O–H groups in total. The van der Waals surface area contributed by atoms with Crippen molar-refractivity contribution in [2.24, 2.45) is 29.4 Å². The fourth-order valence-electron chi connectivity index (χ4n) is 2.16. The van der Waals surface area contributed by atoms with Crippen LogP contribution in [0.15, 0.2) is 0 Å². The summed E-state index contributed by atoms with van der Waals surface area (Å²) >= 11 is 0. The van der Waals surface area contributed by atoms with Gasteiger partial charge in [-0.25, -0.2) is 0 Å². The van der Waals surface area contributed by atoms with Crippen molar-refractivity contribution in [1.29, 1.82) is 0 Å². The van der Waals surface area contributed by atoms with Crippen molar-refractivity contribution in [3.8, 4) is 0 Å². The van der Waals surface area contributed by atoms with Gasteiger partial charge in [-0.1, -0.05) is 13.8 Å². The van der Waals surface area contributed by atoms with Crippen LogP contribution in [0.5, 0.6) is 0 Å². The van der Waals surface area contributed by atoms with E-state index in [1.54, 1.807) is 0 Å². The van der Waals surface area contributed by atoms with E-state index in [9.17, 15) is 4.39 Å². The molecule has 78 valence electrons. The van der Waals surface area contributed by atoms with Crippen molar-refractivity contribution in [3.63, 3.8) is 0 Å². The molecule has 0 saturated heterocycles. The molecule has 0 aromatic heterocycles. The molecular weight excluding hydrogens is 165 g/mol. The summed E-state index contributed by atoms with van der Waals surface area (Å²) in [5.41, 5.74) is 5.83. The van der Waals surface area contributed by atoms with Crippen molar-refractivity contribution in [1.82, 2.24) is 0 Å². The Morgan fingerprint density at radius 1 is 1.23 bits per heavy atom. The summed E-state index contributed by atoms with van der Waals surface area (Å²) in [5, 5.41) is 0. The average molecular weight is 187 g/mol. The summed E-state index contributed by atoms with van der Waals surface area (Å²) in [5.74, 6) is 2.23. The van der Waals surface area contributed by atoms with E-state index in [0.29, 0.717) is 11.8 Å². The first-order valence-electron chi connectivity index (χ1n) is 5.37. The van der Waals surface area contributed by atoms with Gasteiger partial charge in [-0.05, 0) is 43.4 Å². The second-order valence-electron chi connectivity index (χ2n) is 4.84. The van der Waals surface area contributed by atoms with Gasteiger partial charge < -0.3 is 5.73 Å². The van der Waals surface area contributed by atoms with Crippen LogP contribution in [0.1, 0.15) is 33.6 Å².